The standard InChI is InChI=1S/C20H26O6/c1-8-9-4-5-10-18-11(21)6-7-17(2,3)12(18)14(23)20(24)19(10,13(8)22)15(9)25-16(18)26-20/h9-12,14-16,21,23-24H,1,4-7H2,2-3H3/t9?,10-,11-,12+,14-,15?,16?,18-,19-,20?/m0/s1. The third kappa shape index (κ3) is 1.19. The maximum atomic E-state index is 13.4. The highest BCUT2D eigenvalue weighted by Crippen LogP contribution is 2.81. The van der Waals surface area contributed by atoms with Crippen LogP contribution in [0.4, 0.5) is 0 Å². The molecule has 8 rings (SSSR count). The number of ketones is 1. The fourth-order valence-electron chi connectivity index (χ4n) is 8.38. The lowest BCUT2D eigenvalue weighted by Crippen LogP contribution is -2.91. The van der Waals surface area contributed by atoms with Gasteiger partial charge in [0.25, 0.3) is 0 Å². The Morgan fingerprint density at radius 3 is 2.65 bits per heavy atom. The van der Waals surface area contributed by atoms with E-state index in [1.165, 1.54) is 0 Å². The quantitative estimate of drug-likeness (QED) is 0.550. The average Bonchev–Trinajstić information content (AvgIpc) is 2.71. The molecule has 6 nitrogen and oxygen atoms in total. The number of ether oxygens (including phenoxy) is 2. The van der Waals surface area contributed by atoms with Crippen molar-refractivity contribution >= 4 is 5.78 Å². The van der Waals surface area contributed by atoms with Crippen molar-refractivity contribution in [2.45, 2.75) is 69.9 Å². The number of carbonyl (C=O) groups is 1. The van der Waals surface area contributed by atoms with Gasteiger partial charge in [-0.05, 0) is 42.6 Å². The van der Waals surface area contributed by atoms with Gasteiger partial charge < -0.3 is 24.8 Å². The Labute approximate surface area is 152 Å². The van der Waals surface area contributed by atoms with E-state index in [-0.39, 0.29) is 23.0 Å². The van der Waals surface area contributed by atoms with Crippen molar-refractivity contribution in [3.63, 3.8) is 0 Å². The second-order valence-corrected chi connectivity index (χ2v) is 10.1. The van der Waals surface area contributed by atoms with Gasteiger partial charge in [0.2, 0.25) is 5.79 Å². The molecule has 8 aliphatic rings. The lowest BCUT2D eigenvalue weighted by Gasteiger charge is -2.79. The van der Waals surface area contributed by atoms with Crippen LogP contribution in [0.15, 0.2) is 12.2 Å². The van der Waals surface area contributed by atoms with Crippen LogP contribution in [0.1, 0.15) is 39.5 Å². The highest BCUT2D eigenvalue weighted by Gasteiger charge is 2.92. The molecule has 2 spiro atoms. The summed E-state index contributed by atoms with van der Waals surface area (Å²) in [7, 11) is 0. The van der Waals surface area contributed by atoms with E-state index in [4.69, 9.17) is 9.47 Å². The monoisotopic (exact) mass is 362 g/mol. The number of Topliss-reactive ketones (excluding diaryl/α,β-unsaturated/α-hetero) is 1. The summed E-state index contributed by atoms with van der Waals surface area (Å²) >= 11 is 0. The Morgan fingerprint density at radius 2 is 1.92 bits per heavy atom. The van der Waals surface area contributed by atoms with Crippen molar-refractivity contribution < 1.29 is 29.6 Å². The molecular formula is C20H26O6. The fraction of sp³-hybridized carbons (Fsp3) is 0.850. The molecule has 0 radical (unpaired) electrons. The molecule has 4 heterocycles. The third-order valence-corrected chi connectivity index (χ3v) is 9.14. The van der Waals surface area contributed by atoms with Gasteiger partial charge in [0.15, 0.2) is 12.1 Å². The van der Waals surface area contributed by atoms with Crippen LogP contribution < -0.4 is 0 Å². The Balaban J connectivity index is 1.70. The number of aliphatic hydroxyl groups is 3. The van der Waals surface area contributed by atoms with Gasteiger partial charge in [0.05, 0.1) is 17.6 Å². The predicted molar refractivity (Wildman–Crippen MR) is 88.4 cm³/mol. The molecule has 7 bridgehead atoms. The molecule has 4 aliphatic heterocycles. The van der Waals surface area contributed by atoms with Gasteiger partial charge >= 0.3 is 0 Å². The van der Waals surface area contributed by atoms with Gasteiger partial charge in [-0.1, -0.05) is 20.4 Å². The first-order valence-electron chi connectivity index (χ1n) is 9.80. The molecule has 3 N–H and O–H groups in total. The fourth-order valence-corrected chi connectivity index (χ4v) is 8.38. The Kier molecular flexibility index (Phi) is 2.57. The molecule has 4 aliphatic carbocycles. The zero-order chi connectivity index (χ0) is 18.4. The molecule has 26 heavy (non-hydrogen) atoms. The first kappa shape index (κ1) is 16.2. The second-order valence-electron chi connectivity index (χ2n) is 10.1. The lowest BCUT2D eigenvalue weighted by molar-refractivity contribution is -0.556. The predicted octanol–water partition coefficient (Wildman–Crippen LogP) is 0.740. The second kappa shape index (κ2) is 4.13. The van der Waals surface area contributed by atoms with Crippen molar-refractivity contribution in [3.05, 3.63) is 12.2 Å². The third-order valence-electron chi connectivity index (χ3n) is 9.14. The van der Waals surface area contributed by atoms with Crippen LogP contribution >= 0.6 is 0 Å². The SMILES string of the molecule is C=C1C(=O)[C@@]23C4OC5OC2(O)[C@@H](O)[C@@H]2C(C)(C)CC[C@H](O)[C@]52[C@@H]3CCC14. The first-order valence-corrected chi connectivity index (χ1v) is 9.80. The van der Waals surface area contributed by atoms with Crippen molar-refractivity contribution in [1.82, 2.24) is 0 Å². The Hall–Kier alpha value is -0.790. The number of carbonyl (C=O) groups excluding carboxylic acids is 1. The highest BCUT2D eigenvalue weighted by molar-refractivity contribution is 6.05. The molecule has 4 saturated carbocycles. The normalized spacial score (nSPS) is 64.0. The minimum atomic E-state index is -1.97. The zero-order valence-electron chi connectivity index (χ0n) is 15.1. The Morgan fingerprint density at radius 1 is 1.19 bits per heavy atom. The molecule has 10 atom stereocenters. The van der Waals surface area contributed by atoms with E-state index in [1.54, 1.807) is 0 Å². The van der Waals surface area contributed by atoms with Crippen molar-refractivity contribution in [1.29, 1.82) is 0 Å². The van der Waals surface area contributed by atoms with Crippen LogP contribution in [-0.4, -0.2) is 51.5 Å². The molecule has 0 aromatic rings. The van der Waals surface area contributed by atoms with E-state index >= 15 is 0 Å². The maximum Gasteiger partial charge on any atom is 0.211 e. The van der Waals surface area contributed by atoms with Crippen molar-refractivity contribution in [3.8, 4) is 0 Å². The summed E-state index contributed by atoms with van der Waals surface area (Å²) in [6.45, 7) is 8.14. The summed E-state index contributed by atoms with van der Waals surface area (Å²) in [5.41, 5.74) is -2.03. The number of aliphatic hydroxyl groups excluding tert-OH is 2. The smallest absolute Gasteiger partial charge is 0.211 e. The van der Waals surface area contributed by atoms with Crippen molar-refractivity contribution in [2.75, 3.05) is 0 Å². The van der Waals surface area contributed by atoms with E-state index in [2.05, 4.69) is 20.4 Å². The summed E-state index contributed by atoms with van der Waals surface area (Å²) < 4.78 is 12.3. The lowest BCUT2D eigenvalue weighted by atomic mass is 9.34. The highest BCUT2D eigenvalue weighted by atomic mass is 16.8. The van der Waals surface area contributed by atoms with Gasteiger partial charge in [0.1, 0.15) is 11.5 Å². The first-order chi connectivity index (χ1) is 12.1. The largest absolute Gasteiger partial charge is 0.392 e. The van der Waals surface area contributed by atoms with Crippen LogP contribution in [0, 0.1) is 34.0 Å². The van der Waals surface area contributed by atoms with E-state index in [0.29, 0.717) is 18.4 Å². The molecule has 142 valence electrons. The molecule has 8 fully saturated rings. The van der Waals surface area contributed by atoms with E-state index in [1.807, 2.05) is 0 Å². The molecule has 0 aromatic heterocycles. The summed E-state index contributed by atoms with van der Waals surface area (Å²) in [6.07, 6.45) is -0.473. The minimum absolute atomic E-state index is 0.133. The summed E-state index contributed by atoms with van der Waals surface area (Å²) in [6, 6.07) is 0. The van der Waals surface area contributed by atoms with Crippen LogP contribution in [0.2, 0.25) is 0 Å². The molecule has 6 heteroatoms. The topological polar surface area (TPSA) is 96.2 Å². The Bertz CT molecular complexity index is 761. The maximum absolute atomic E-state index is 13.4. The van der Waals surface area contributed by atoms with Crippen LogP contribution in [0.25, 0.3) is 0 Å². The van der Waals surface area contributed by atoms with Crippen LogP contribution in [0.3, 0.4) is 0 Å². The molecule has 4 unspecified atom stereocenters. The van der Waals surface area contributed by atoms with Gasteiger partial charge in [0, 0.05) is 11.8 Å². The molecule has 4 saturated heterocycles. The number of hydrogen-bond acceptors (Lipinski definition) is 6. The van der Waals surface area contributed by atoms with Crippen molar-refractivity contribution in [2.24, 2.45) is 34.0 Å². The summed E-state index contributed by atoms with van der Waals surface area (Å²) in [5.74, 6) is -2.99. The van der Waals surface area contributed by atoms with Crippen LogP contribution in [0.5, 0.6) is 0 Å². The van der Waals surface area contributed by atoms with Gasteiger partial charge in [-0.3, -0.25) is 4.79 Å². The van der Waals surface area contributed by atoms with Gasteiger partial charge in [-0.15, -0.1) is 0 Å². The van der Waals surface area contributed by atoms with E-state index in [0.717, 1.165) is 12.8 Å². The van der Waals surface area contributed by atoms with Gasteiger partial charge in [-0.2, -0.15) is 0 Å². The minimum Gasteiger partial charge on any atom is -0.392 e. The summed E-state index contributed by atoms with van der Waals surface area (Å²) in [5, 5.41) is 34.3. The number of hydrogen-bond donors (Lipinski definition) is 3. The average molecular weight is 362 g/mol. The summed E-state index contributed by atoms with van der Waals surface area (Å²) in [4.78, 5) is 13.4. The van der Waals surface area contributed by atoms with Gasteiger partial charge in [-0.25, -0.2) is 0 Å². The van der Waals surface area contributed by atoms with E-state index in [9.17, 15) is 20.1 Å². The molecule has 0 amide bonds. The number of rotatable bonds is 0. The van der Waals surface area contributed by atoms with Crippen LogP contribution in [-0.2, 0) is 14.3 Å². The van der Waals surface area contributed by atoms with E-state index < -0.39 is 47.1 Å². The molecular weight excluding hydrogens is 336 g/mol. The zero-order valence-corrected chi connectivity index (χ0v) is 15.1. The molecule has 0 aromatic carbocycles.